The van der Waals surface area contributed by atoms with E-state index in [4.69, 9.17) is 26.2 Å². The highest BCUT2D eigenvalue weighted by Gasteiger charge is 2.45. The lowest BCUT2D eigenvalue weighted by Crippen LogP contribution is -2.50. The standard InChI is InChI=1S/C33H41ClN2O6S/c1-41-31(22-6-4-21(5-7-22)18-43(35,39)40)27-11-8-25(27)17-36-19-33(14-2-3-23-15-26(34)10-12-28(23)33)20-42-30-13-9-24(32(37)38)16-29(30)36/h6,9-10,12-13,15-16,21,25,27,31H,2-5,7-8,11,14,17-20H2,1H3,(H,37,38)(H2,35,39,40)/t21-,25+,27-,31-,33?/m1/s1. The molecule has 1 spiro atoms. The number of ether oxygens (including phenoxy) is 2. The molecular weight excluding hydrogens is 588 g/mol. The van der Waals surface area contributed by atoms with Crippen molar-refractivity contribution in [3.05, 3.63) is 69.8 Å². The zero-order valence-electron chi connectivity index (χ0n) is 24.6. The molecule has 43 heavy (non-hydrogen) atoms. The second kappa shape index (κ2) is 12.1. The van der Waals surface area contributed by atoms with Crippen LogP contribution in [0.15, 0.2) is 48.0 Å². The van der Waals surface area contributed by atoms with E-state index in [-0.39, 0.29) is 28.8 Å². The number of nitrogens with two attached hydrogens (primary N) is 1. The molecule has 3 N–H and O–H groups in total. The molecule has 5 atom stereocenters. The van der Waals surface area contributed by atoms with Gasteiger partial charge in [-0.1, -0.05) is 23.7 Å². The van der Waals surface area contributed by atoms with Gasteiger partial charge in [0.05, 0.1) is 29.7 Å². The zero-order chi connectivity index (χ0) is 30.4. The predicted octanol–water partition coefficient (Wildman–Crippen LogP) is 5.57. The van der Waals surface area contributed by atoms with E-state index in [1.54, 1.807) is 25.3 Å². The largest absolute Gasteiger partial charge is 0.490 e. The number of aryl methyl sites for hydroxylation is 1. The third-order valence-corrected chi connectivity index (χ3v) is 11.4. The third kappa shape index (κ3) is 6.32. The number of carboxylic acid groups (broad SMARTS) is 1. The number of fused-ring (bicyclic) bond motifs is 3. The van der Waals surface area contributed by atoms with Crippen molar-refractivity contribution < 1.29 is 27.8 Å². The first-order chi connectivity index (χ1) is 20.5. The highest BCUT2D eigenvalue weighted by Crippen LogP contribution is 2.48. The molecule has 1 heterocycles. The number of benzene rings is 2. The Labute approximate surface area is 259 Å². The number of anilines is 1. The number of hydrogen-bond donors (Lipinski definition) is 2. The van der Waals surface area contributed by atoms with Gasteiger partial charge in [0.15, 0.2) is 0 Å². The number of rotatable bonds is 8. The quantitative estimate of drug-likeness (QED) is 0.367. The minimum absolute atomic E-state index is 0.0197. The first-order valence-electron chi connectivity index (χ1n) is 15.3. The van der Waals surface area contributed by atoms with E-state index in [2.05, 4.69) is 23.1 Å². The van der Waals surface area contributed by atoms with Crippen LogP contribution in [-0.4, -0.2) is 58.2 Å². The summed E-state index contributed by atoms with van der Waals surface area (Å²) in [5.41, 5.74) is 4.65. The van der Waals surface area contributed by atoms with Gasteiger partial charge in [-0.05, 0) is 116 Å². The topological polar surface area (TPSA) is 119 Å². The molecule has 3 aliphatic carbocycles. The molecule has 0 amide bonds. The van der Waals surface area contributed by atoms with E-state index in [9.17, 15) is 18.3 Å². The molecule has 0 bridgehead atoms. The molecule has 1 fully saturated rings. The number of nitrogens with zero attached hydrogens (tertiary/aromatic N) is 1. The Balaban J connectivity index is 1.28. The summed E-state index contributed by atoms with van der Waals surface area (Å²) >= 11 is 6.39. The summed E-state index contributed by atoms with van der Waals surface area (Å²) in [7, 11) is -1.72. The molecule has 1 aliphatic heterocycles. The predicted molar refractivity (Wildman–Crippen MR) is 168 cm³/mol. The van der Waals surface area contributed by atoms with Crippen molar-refractivity contribution >= 4 is 33.3 Å². The fraction of sp³-hybridized carbons (Fsp3) is 0.545. The van der Waals surface area contributed by atoms with Gasteiger partial charge >= 0.3 is 5.97 Å². The molecule has 0 saturated heterocycles. The zero-order valence-corrected chi connectivity index (χ0v) is 26.2. The summed E-state index contributed by atoms with van der Waals surface area (Å²) in [6.45, 7) is 2.03. The maximum Gasteiger partial charge on any atom is 0.335 e. The number of carboxylic acids is 1. The molecule has 0 radical (unpaired) electrons. The van der Waals surface area contributed by atoms with Crippen molar-refractivity contribution in [2.24, 2.45) is 22.9 Å². The minimum Gasteiger partial charge on any atom is -0.490 e. The van der Waals surface area contributed by atoms with Crippen LogP contribution in [0.5, 0.6) is 5.75 Å². The molecule has 8 nitrogen and oxygen atoms in total. The molecule has 1 saturated carbocycles. The minimum atomic E-state index is -3.49. The number of hydrogen-bond acceptors (Lipinski definition) is 6. The summed E-state index contributed by atoms with van der Waals surface area (Å²) in [5.74, 6) is 0.525. The van der Waals surface area contributed by atoms with Gasteiger partial charge in [-0.25, -0.2) is 18.4 Å². The van der Waals surface area contributed by atoms with Gasteiger partial charge in [0, 0.05) is 30.6 Å². The van der Waals surface area contributed by atoms with Crippen molar-refractivity contribution in [3.63, 3.8) is 0 Å². The molecule has 0 aromatic heterocycles. The Kier molecular flexibility index (Phi) is 8.54. The van der Waals surface area contributed by atoms with Crippen LogP contribution in [0.2, 0.25) is 5.02 Å². The van der Waals surface area contributed by atoms with E-state index < -0.39 is 16.0 Å². The first kappa shape index (κ1) is 30.4. The fourth-order valence-corrected chi connectivity index (χ4v) is 9.15. The number of methoxy groups -OCH3 is 1. The van der Waals surface area contributed by atoms with Crippen molar-refractivity contribution in [1.29, 1.82) is 0 Å². The molecule has 4 aliphatic rings. The van der Waals surface area contributed by atoms with Gasteiger partial charge in [-0.2, -0.15) is 0 Å². The number of allylic oxidation sites excluding steroid dienone is 1. The summed E-state index contributed by atoms with van der Waals surface area (Å²) in [6, 6.07) is 11.4. The lowest BCUT2D eigenvalue weighted by atomic mass is 9.66. The van der Waals surface area contributed by atoms with Crippen LogP contribution < -0.4 is 14.8 Å². The highest BCUT2D eigenvalue weighted by atomic mass is 35.5. The normalized spacial score (nSPS) is 27.7. The second-order valence-corrected chi connectivity index (χ2v) is 15.1. The number of aromatic carboxylic acids is 1. The van der Waals surface area contributed by atoms with E-state index in [0.29, 0.717) is 24.9 Å². The van der Waals surface area contributed by atoms with Crippen molar-refractivity contribution in [1.82, 2.24) is 0 Å². The first-order valence-corrected chi connectivity index (χ1v) is 17.4. The average Bonchev–Trinajstić information content (AvgIpc) is 3.10. The lowest BCUT2D eigenvalue weighted by molar-refractivity contribution is 0.00323. The number of carbonyl (C=O) groups is 1. The monoisotopic (exact) mass is 628 g/mol. The van der Waals surface area contributed by atoms with E-state index in [1.165, 1.54) is 16.7 Å². The summed E-state index contributed by atoms with van der Waals surface area (Å²) in [5, 5.41) is 15.9. The van der Waals surface area contributed by atoms with Gasteiger partial charge in [0.1, 0.15) is 5.75 Å². The molecule has 1 unspecified atom stereocenters. The maximum absolute atomic E-state index is 12.0. The Bertz CT molecular complexity index is 1530. The molecular formula is C33H41ClN2O6S. The summed E-state index contributed by atoms with van der Waals surface area (Å²) in [4.78, 5) is 14.4. The Morgan fingerprint density at radius 3 is 2.72 bits per heavy atom. The van der Waals surface area contributed by atoms with Gasteiger partial charge < -0.3 is 19.5 Å². The SMILES string of the molecule is CO[C@H](C1=CC[C@@H](CS(N)(=O)=O)CC1)[C@@H]1CC[C@H]1CN1CC2(CCCc3cc(Cl)ccc32)COc2ccc(C(=O)O)cc21. The van der Waals surface area contributed by atoms with Gasteiger partial charge in [0.2, 0.25) is 10.0 Å². The second-order valence-electron chi connectivity index (χ2n) is 13.0. The third-order valence-electron chi connectivity index (χ3n) is 10.2. The van der Waals surface area contributed by atoms with Crippen LogP contribution >= 0.6 is 11.6 Å². The Hall–Kier alpha value is -2.59. The van der Waals surface area contributed by atoms with Gasteiger partial charge in [-0.15, -0.1) is 0 Å². The summed E-state index contributed by atoms with van der Waals surface area (Å²) in [6.07, 6.45) is 9.59. The van der Waals surface area contributed by atoms with E-state index >= 15 is 0 Å². The number of primary sulfonamides is 1. The molecule has 10 heteroatoms. The number of sulfonamides is 1. The van der Waals surface area contributed by atoms with Crippen molar-refractivity contribution in [2.45, 2.75) is 62.9 Å². The van der Waals surface area contributed by atoms with Gasteiger partial charge in [-0.3, -0.25) is 0 Å². The fourth-order valence-electron chi connectivity index (χ4n) is 8.00. The van der Waals surface area contributed by atoms with Crippen molar-refractivity contribution in [2.75, 3.05) is 37.5 Å². The van der Waals surface area contributed by atoms with Gasteiger partial charge in [0.25, 0.3) is 0 Å². The number of halogens is 1. The Morgan fingerprint density at radius 2 is 2.05 bits per heavy atom. The smallest absolute Gasteiger partial charge is 0.335 e. The molecule has 2 aromatic rings. The van der Waals surface area contributed by atoms with Crippen LogP contribution in [0.1, 0.15) is 66.4 Å². The van der Waals surface area contributed by atoms with Crippen LogP contribution in [0.4, 0.5) is 5.69 Å². The van der Waals surface area contributed by atoms with Crippen LogP contribution in [0, 0.1) is 17.8 Å². The van der Waals surface area contributed by atoms with Crippen LogP contribution in [0.3, 0.4) is 0 Å². The van der Waals surface area contributed by atoms with Crippen LogP contribution in [-0.2, 0) is 26.6 Å². The van der Waals surface area contributed by atoms with E-state index in [1.807, 2.05) is 6.07 Å². The molecule has 2 aromatic carbocycles. The van der Waals surface area contributed by atoms with E-state index in [0.717, 1.165) is 74.5 Å². The van der Waals surface area contributed by atoms with Crippen molar-refractivity contribution in [3.8, 4) is 5.75 Å². The Morgan fingerprint density at radius 1 is 1.21 bits per heavy atom. The molecule has 232 valence electrons. The lowest BCUT2D eigenvalue weighted by Gasteiger charge is -2.47. The van der Waals surface area contributed by atoms with Crippen LogP contribution in [0.25, 0.3) is 0 Å². The average molecular weight is 629 g/mol. The highest BCUT2D eigenvalue weighted by molar-refractivity contribution is 7.89. The summed E-state index contributed by atoms with van der Waals surface area (Å²) < 4.78 is 35.9. The maximum atomic E-state index is 12.0. The molecule has 6 rings (SSSR count).